The second-order valence-electron chi connectivity index (χ2n) is 5.50. The molecular weight excluding hydrogens is 328 g/mol. The molecule has 20 heavy (non-hydrogen) atoms. The number of rotatable bonds is 4. The smallest absolute Gasteiger partial charge is 0.0141 e. The van der Waals surface area contributed by atoms with Crippen LogP contribution in [-0.2, 0) is 6.42 Å². The molecule has 0 spiro atoms. The SMILES string of the molecule is Cc1ccccc1C(CBr)CC1Cc2ccccc2S1. The Morgan fingerprint density at radius 3 is 2.65 bits per heavy atom. The van der Waals surface area contributed by atoms with E-state index in [1.165, 1.54) is 34.4 Å². The maximum Gasteiger partial charge on any atom is 0.0141 e. The van der Waals surface area contributed by atoms with E-state index in [2.05, 4.69) is 83.1 Å². The molecule has 3 rings (SSSR count). The van der Waals surface area contributed by atoms with Gasteiger partial charge < -0.3 is 0 Å². The van der Waals surface area contributed by atoms with Crippen molar-refractivity contribution in [2.45, 2.75) is 35.8 Å². The summed E-state index contributed by atoms with van der Waals surface area (Å²) in [6, 6.07) is 17.6. The Balaban J connectivity index is 1.73. The highest BCUT2D eigenvalue weighted by Crippen LogP contribution is 2.41. The van der Waals surface area contributed by atoms with Gasteiger partial charge in [-0.3, -0.25) is 0 Å². The van der Waals surface area contributed by atoms with Crippen LogP contribution in [0.2, 0.25) is 0 Å². The Labute approximate surface area is 134 Å². The molecule has 0 aliphatic carbocycles. The summed E-state index contributed by atoms with van der Waals surface area (Å²) in [4.78, 5) is 1.48. The molecule has 0 radical (unpaired) electrons. The number of hydrogen-bond donors (Lipinski definition) is 0. The Kier molecular flexibility index (Phi) is 4.52. The third-order valence-corrected chi connectivity index (χ3v) is 6.20. The van der Waals surface area contributed by atoms with Gasteiger partial charge in [0.1, 0.15) is 0 Å². The third-order valence-electron chi connectivity index (χ3n) is 4.08. The van der Waals surface area contributed by atoms with Gasteiger partial charge in [-0.2, -0.15) is 0 Å². The summed E-state index contributed by atoms with van der Waals surface area (Å²) in [7, 11) is 0. The molecule has 0 N–H and O–H groups in total. The fourth-order valence-electron chi connectivity index (χ4n) is 3.02. The Morgan fingerprint density at radius 2 is 1.90 bits per heavy atom. The zero-order valence-corrected chi connectivity index (χ0v) is 14.1. The topological polar surface area (TPSA) is 0 Å². The summed E-state index contributed by atoms with van der Waals surface area (Å²) in [6.07, 6.45) is 2.46. The average Bonchev–Trinajstić information content (AvgIpc) is 2.88. The molecular formula is C18H19BrS. The lowest BCUT2D eigenvalue weighted by Gasteiger charge is -2.20. The predicted molar refractivity (Wildman–Crippen MR) is 92.1 cm³/mol. The van der Waals surface area contributed by atoms with E-state index in [1.54, 1.807) is 0 Å². The molecule has 0 nitrogen and oxygen atoms in total. The first kappa shape index (κ1) is 14.2. The molecule has 0 saturated carbocycles. The molecule has 0 amide bonds. The van der Waals surface area contributed by atoms with E-state index in [4.69, 9.17) is 0 Å². The van der Waals surface area contributed by atoms with Crippen LogP contribution in [0.4, 0.5) is 0 Å². The molecule has 2 unspecified atom stereocenters. The fraction of sp³-hybridized carbons (Fsp3) is 0.333. The minimum Gasteiger partial charge on any atom is -0.122 e. The Hall–Kier alpha value is -0.730. The summed E-state index contributed by atoms with van der Waals surface area (Å²) < 4.78 is 0. The number of hydrogen-bond acceptors (Lipinski definition) is 1. The van der Waals surface area contributed by atoms with Gasteiger partial charge in [0, 0.05) is 15.5 Å². The highest BCUT2D eigenvalue weighted by atomic mass is 79.9. The molecule has 2 aromatic carbocycles. The van der Waals surface area contributed by atoms with Crippen LogP contribution in [0.25, 0.3) is 0 Å². The number of aryl methyl sites for hydroxylation is 1. The summed E-state index contributed by atoms with van der Waals surface area (Å²) in [6.45, 7) is 2.22. The van der Waals surface area contributed by atoms with Crippen LogP contribution in [0.1, 0.15) is 29.0 Å². The highest BCUT2D eigenvalue weighted by Gasteiger charge is 2.25. The van der Waals surface area contributed by atoms with Crippen molar-refractivity contribution in [3.63, 3.8) is 0 Å². The maximum absolute atomic E-state index is 3.72. The van der Waals surface area contributed by atoms with Crippen LogP contribution in [0.5, 0.6) is 0 Å². The fourth-order valence-corrected chi connectivity index (χ4v) is 5.04. The summed E-state index contributed by atoms with van der Waals surface area (Å²) in [5, 5.41) is 1.76. The van der Waals surface area contributed by atoms with Crippen molar-refractivity contribution in [2.75, 3.05) is 5.33 Å². The van der Waals surface area contributed by atoms with Crippen molar-refractivity contribution in [1.29, 1.82) is 0 Å². The molecule has 1 aliphatic heterocycles. The molecule has 0 fully saturated rings. The zero-order valence-electron chi connectivity index (χ0n) is 11.7. The van der Waals surface area contributed by atoms with Crippen molar-refractivity contribution in [1.82, 2.24) is 0 Å². The molecule has 2 aromatic rings. The lowest BCUT2D eigenvalue weighted by atomic mass is 9.91. The van der Waals surface area contributed by atoms with E-state index in [9.17, 15) is 0 Å². The van der Waals surface area contributed by atoms with E-state index in [-0.39, 0.29) is 0 Å². The molecule has 0 aromatic heterocycles. The van der Waals surface area contributed by atoms with E-state index >= 15 is 0 Å². The van der Waals surface area contributed by atoms with Gasteiger partial charge in [-0.05, 0) is 48.4 Å². The van der Waals surface area contributed by atoms with Gasteiger partial charge in [0.05, 0.1) is 0 Å². The predicted octanol–water partition coefficient (Wildman–Crippen LogP) is 5.58. The summed E-state index contributed by atoms with van der Waals surface area (Å²) in [5.41, 5.74) is 4.44. The van der Waals surface area contributed by atoms with Crippen molar-refractivity contribution in [3.8, 4) is 0 Å². The van der Waals surface area contributed by atoms with Crippen LogP contribution >= 0.6 is 27.7 Å². The average molecular weight is 347 g/mol. The maximum atomic E-state index is 3.72. The largest absolute Gasteiger partial charge is 0.122 e. The lowest BCUT2D eigenvalue weighted by molar-refractivity contribution is 0.660. The molecule has 1 heterocycles. The monoisotopic (exact) mass is 346 g/mol. The van der Waals surface area contributed by atoms with E-state index in [1.807, 2.05) is 0 Å². The van der Waals surface area contributed by atoms with Gasteiger partial charge >= 0.3 is 0 Å². The van der Waals surface area contributed by atoms with Crippen LogP contribution < -0.4 is 0 Å². The first-order valence-electron chi connectivity index (χ1n) is 7.14. The first-order valence-corrected chi connectivity index (χ1v) is 9.14. The van der Waals surface area contributed by atoms with Crippen molar-refractivity contribution in [2.24, 2.45) is 0 Å². The number of fused-ring (bicyclic) bond motifs is 1. The van der Waals surface area contributed by atoms with Crippen molar-refractivity contribution in [3.05, 3.63) is 65.2 Å². The quantitative estimate of drug-likeness (QED) is 0.651. The second-order valence-corrected chi connectivity index (χ2v) is 7.48. The highest BCUT2D eigenvalue weighted by molar-refractivity contribution is 9.09. The van der Waals surface area contributed by atoms with Gasteiger partial charge in [-0.15, -0.1) is 11.8 Å². The normalized spacial score (nSPS) is 18.8. The van der Waals surface area contributed by atoms with Crippen molar-refractivity contribution < 1.29 is 0 Å². The van der Waals surface area contributed by atoms with E-state index in [0.717, 1.165) is 10.6 Å². The van der Waals surface area contributed by atoms with E-state index < -0.39 is 0 Å². The van der Waals surface area contributed by atoms with Crippen LogP contribution in [0, 0.1) is 6.92 Å². The molecule has 104 valence electrons. The minimum atomic E-state index is 0.614. The number of alkyl halides is 1. The number of thioether (sulfide) groups is 1. The van der Waals surface area contributed by atoms with Gasteiger partial charge in [-0.1, -0.05) is 58.4 Å². The number of benzene rings is 2. The molecule has 2 heteroatoms. The summed E-state index contributed by atoms with van der Waals surface area (Å²) >= 11 is 5.78. The third kappa shape index (κ3) is 2.96. The minimum absolute atomic E-state index is 0.614. The Morgan fingerprint density at radius 1 is 1.15 bits per heavy atom. The Bertz CT molecular complexity index is 568. The van der Waals surface area contributed by atoms with Gasteiger partial charge in [0.2, 0.25) is 0 Å². The van der Waals surface area contributed by atoms with Crippen LogP contribution in [-0.4, -0.2) is 10.6 Å². The molecule has 2 atom stereocenters. The summed E-state index contributed by atoms with van der Waals surface area (Å²) in [5.74, 6) is 0.614. The van der Waals surface area contributed by atoms with Crippen LogP contribution in [0.15, 0.2) is 53.4 Å². The molecule has 0 saturated heterocycles. The molecule has 1 aliphatic rings. The zero-order chi connectivity index (χ0) is 13.9. The van der Waals surface area contributed by atoms with Gasteiger partial charge in [-0.25, -0.2) is 0 Å². The second kappa shape index (κ2) is 6.36. The number of halogens is 1. The van der Waals surface area contributed by atoms with Gasteiger partial charge in [0.25, 0.3) is 0 Å². The first-order chi connectivity index (χ1) is 9.78. The van der Waals surface area contributed by atoms with Crippen molar-refractivity contribution >= 4 is 27.7 Å². The van der Waals surface area contributed by atoms with Gasteiger partial charge in [0.15, 0.2) is 0 Å². The standard InChI is InChI=1S/C18H19BrS/c1-13-6-2-4-8-17(13)15(12-19)11-16-10-14-7-3-5-9-18(14)20-16/h2-9,15-16H,10-12H2,1H3. The van der Waals surface area contributed by atoms with Crippen LogP contribution in [0.3, 0.4) is 0 Å². The lowest BCUT2D eigenvalue weighted by Crippen LogP contribution is -2.11. The molecule has 0 bridgehead atoms. The van der Waals surface area contributed by atoms with E-state index in [0.29, 0.717) is 5.92 Å².